The van der Waals surface area contributed by atoms with Crippen LogP contribution >= 0.6 is 46.4 Å². The van der Waals surface area contributed by atoms with E-state index in [2.05, 4.69) is 0 Å². The Hall–Kier alpha value is -0.470. The number of alkyl halides is 2. The molecule has 2 aromatic rings. The molecule has 0 heterocycles. The van der Waals surface area contributed by atoms with Crippen LogP contribution in [0.4, 0.5) is 4.39 Å². The maximum Gasteiger partial charge on any atom is 0.142 e. The Kier molecular flexibility index (Phi) is 5.79. The minimum Gasteiger partial charge on any atom is -0.205 e. The van der Waals surface area contributed by atoms with Crippen LogP contribution in [0.1, 0.15) is 11.1 Å². The number of hydrogen-bond donors (Lipinski definition) is 0. The van der Waals surface area contributed by atoms with E-state index in [-0.39, 0.29) is 16.8 Å². The molecule has 112 valence electrons. The van der Waals surface area contributed by atoms with Crippen molar-refractivity contribution in [2.75, 3.05) is 11.8 Å². The lowest BCUT2D eigenvalue weighted by Gasteiger charge is -2.31. The van der Waals surface area contributed by atoms with Gasteiger partial charge in [-0.1, -0.05) is 47.5 Å². The van der Waals surface area contributed by atoms with Gasteiger partial charge in [-0.2, -0.15) is 0 Å². The zero-order valence-electron chi connectivity index (χ0n) is 11.1. The summed E-state index contributed by atoms with van der Waals surface area (Å²) in [5.74, 6) is 0.112. The summed E-state index contributed by atoms with van der Waals surface area (Å²) in [7, 11) is 0. The summed E-state index contributed by atoms with van der Waals surface area (Å²) in [5, 5.41) is 0.701. The smallest absolute Gasteiger partial charge is 0.142 e. The summed E-state index contributed by atoms with van der Waals surface area (Å²) in [6.45, 7) is 0. The predicted octanol–water partition coefficient (Wildman–Crippen LogP) is 6.09. The number of rotatable bonds is 5. The molecule has 0 aliphatic heterocycles. The summed E-state index contributed by atoms with van der Waals surface area (Å²) in [6, 6.07) is 12.2. The molecule has 0 saturated carbocycles. The minimum absolute atomic E-state index is 0.0961. The minimum atomic E-state index is -0.554. The van der Waals surface area contributed by atoms with Crippen LogP contribution in [0.25, 0.3) is 0 Å². The van der Waals surface area contributed by atoms with Crippen molar-refractivity contribution in [1.82, 2.24) is 0 Å². The van der Waals surface area contributed by atoms with Gasteiger partial charge in [-0.15, -0.1) is 23.2 Å². The van der Waals surface area contributed by atoms with Crippen LogP contribution < -0.4 is 0 Å². The third-order valence-corrected chi connectivity index (χ3v) is 5.14. The monoisotopic (exact) mass is 364 g/mol. The van der Waals surface area contributed by atoms with E-state index in [9.17, 15) is 4.39 Å². The molecule has 0 saturated heterocycles. The highest BCUT2D eigenvalue weighted by molar-refractivity contribution is 6.32. The molecule has 0 amide bonds. The normalized spacial score (nSPS) is 11.7. The van der Waals surface area contributed by atoms with Crippen molar-refractivity contribution >= 4 is 46.4 Å². The molecule has 0 spiro atoms. The van der Waals surface area contributed by atoms with Crippen molar-refractivity contribution in [3.8, 4) is 0 Å². The maximum atomic E-state index is 13.6. The first kappa shape index (κ1) is 16.9. The highest BCUT2D eigenvalue weighted by Gasteiger charge is 2.33. The van der Waals surface area contributed by atoms with Gasteiger partial charge >= 0.3 is 0 Å². The van der Waals surface area contributed by atoms with Gasteiger partial charge in [-0.05, 0) is 35.7 Å². The molecule has 0 unspecified atom stereocenters. The van der Waals surface area contributed by atoms with Crippen molar-refractivity contribution in [3.05, 3.63) is 69.5 Å². The van der Waals surface area contributed by atoms with Gasteiger partial charge in [0, 0.05) is 22.2 Å². The van der Waals surface area contributed by atoms with Crippen molar-refractivity contribution in [2.45, 2.75) is 11.8 Å². The fourth-order valence-corrected chi connectivity index (χ4v) is 3.52. The second kappa shape index (κ2) is 7.19. The van der Waals surface area contributed by atoms with Gasteiger partial charge in [0.05, 0.1) is 5.02 Å². The summed E-state index contributed by atoms with van der Waals surface area (Å²) in [6.07, 6.45) is 0.484. The predicted molar refractivity (Wildman–Crippen MR) is 89.7 cm³/mol. The zero-order chi connectivity index (χ0) is 15.5. The second-order valence-corrected chi connectivity index (χ2v) is 6.30. The van der Waals surface area contributed by atoms with E-state index in [0.29, 0.717) is 11.4 Å². The van der Waals surface area contributed by atoms with Gasteiger partial charge in [0.25, 0.3) is 0 Å². The molecule has 2 rings (SSSR count). The molecule has 0 bridgehead atoms. The highest BCUT2D eigenvalue weighted by Crippen LogP contribution is 2.36. The highest BCUT2D eigenvalue weighted by atomic mass is 35.5. The largest absolute Gasteiger partial charge is 0.205 e. The standard InChI is InChI=1S/C16H13Cl4F/c17-9-16(10-18,12-3-1-2-4-13(12)19)8-11-5-6-14(20)15(21)7-11/h1-7H,8-10H2. The number of halogens is 5. The number of benzene rings is 2. The molecule has 0 nitrogen and oxygen atoms in total. The Morgan fingerprint density at radius 3 is 2.14 bits per heavy atom. The van der Waals surface area contributed by atoms with Gasteiger partial charge in [0.2, 0.25) is 0 Å². The molecule has 0 N–H and O–H groups in total. The van der Waals surface area contributed by atoms with Crippen LogP contribution in [0.3, 0.4) is 0 Å². The molecule has 0 aliphatic carbocycles. The Morgan fingerprint density at radius 1 is 0.905 bits per heavy atom. The molecule has 0 aromatic heterocycles. The van der Waals surface area contributed by atoms with Gasteiger partial charge in [-0.25, -0.2) is 4.39 Å². The Balaban J connectivity index is 2.43. The molecule has 0 aliphatic rings. The van der Waals surface area contributed by atoms with Crippen LogP contribution in [0.5, 0.6) is 0 Å². The SMILES string of the molecule is Fc1cc(CC(CCl)(CCl)c2ccccc2Cl)ccc1Cl. The van der Waals surface area contributed by atoms with Crippen LogP contribution in [0.15, 0.2) is 42.5 Å². The Labute approximate surface area is 143 Å². The lowest BCUT2D eigenvalue weighted by Crippen LogP contribution is -2.33. The van der Waals surface area contributed by atoms with Gasteiger partial charge in [-0.3, -0.25) is 0 Å². The topological polar surface area (TPSA) is 0 Å². The van der Waals surface area contributed by atoms with Crippen LogP contribution in [0.2, 0.25) is 10.0 Å². The average Bonchev–Trinajstić information content (AvgIpc) is 2.49. The summed E-state index contributed by atoms with van der Waals surface area (Å²) < 4.78 is 13.6. The van der Waals surface area contributed by atoms with Crippen molar-refractivity contribution in [2.24, 2.45) is 0 Å². The second-order valence-electron chi connectivity index (χ2n) is 4.95. The molecular formula is C16H13Cl4F. The van der Waals surface area contributed by atoms with E-state index in [1.165, 1.54) is 12.1 Å². The van der Waals surface area contributed by atoms with Crippen LogP contribution in [-0.2, 0) is 11.8 Å². The van der Waals surface area contributed by atoms with Crippen LogP contribution in [-0.4, -0.2) is 11.8 Å². The summed E-state index contributed by atoms with van der Waals surface area (Å²) >= 11 is 24.4. The maximum absolute atomic E-state index is 13.6. The lowest BCUT2D eigenvalue weighted by molar-refractivity contribution is 0.533. The lowest BCUT2D eigenvalue weighted by atomic mass is 9.78. The van der Waals surface area contributed by atoms with E-state index < -0.39 is 11.2 Å². The van der Waals surface area contributed by atoms with Crippen molar-refractivity contribution < 1.29 is 4.39 Å². The van der Waals surface area contributed by atoms with E-state index in [0.717, 1.165) is 11.1 Å². The third kappa shape index (κ3) is 3.65. The molecule has 21 heavy (non-hydrogen) atoms. The molecule has 0 radical (unpaired) electrons. The molecule has 0 atom stereocenters. The van der Waals surface area contributed by atoms with Gasteiger partial charge in [0.1, 0.15) is 5.82 Å². The van der Waals surface area contributed by atoms with Crippen molar-refractivity contribution in [1.29, 1.82) is 0 Å². The number of hydrogen-bond acceptors (Lipinski definition) is 0. The van der Waals surface area contributed by atoms with E-state index in [4.69, 9.17) is 46.4 Å². The van der Waals surface area contributed by atoms with Gasteiger partial charge in [0.15, 0.2) is 0 Å². The van der Waals surface area contributed by atoms with Crippen LogP contribution in [0, 0.1) is 5.82 Å². The quantitative estimate of drug-likeness (QED) is 0.562. The molecule has 2 aromatic carbocycles. The van der Waals surface area contributed by atoms with Gasteiger partial charge < -0.3 is 0 Å². The summed E-state index contributed by atoms with van der Waals surface area (Å²) in [5.41, 5.74) is 1.09. The average molecular weight is 366 g/mol. The first-order chi connectivity index (χ1) is 10.0. The first-order valence-electron chi connectivity index (χ1n) is 6.33. The fraction of sp³-hybridized carbons (Fsp3) is 0.250. The summed E-state index contributed by atoms with van der Waals surface area (Å²) in [4.78, 5) is 0. The van der Waals surface area contributed by atoms with E-state index in [1.54, 1.807) is 12.1 Å². The Bertz CT molecular complexity index is 623. The third-order valence-electron chi connectivity index (χ3n) is 3.48. The fourth-order valence-electron chi connectivity index (χ4n) is 2.30. The van der Waals surface area contributed by atoms with E-state index in [1.807, 2.05) is 18.2 Å². The zero-order valence-corrected chi connectivity index (χ0v) is 14.1. The first-order valence-corrected chi connectivity index (χ1v) is 8.16. The molecule has 0 fully saturated rings. The van der Waals surface area contributed by atoms with Crippen molar-refractivity contribution in [3.63, 3.8) is 0 Å². The molecule has 5 heteroatoms. The molecular weight excluding hydrogens is 353 g/mol. The van der Waals surface area contributed by atoms with E-state index >= 15 is 0 Å². The Morgan fingerprint density at radius 2 is 1.57 bits per heavy atom.